The summed E-state index contributed by atoms with van der Waals surface area (Å²) in [6.45, 7) is 0.100. The van der Waals surface area contributed by atoms with Crippen molar-refractivity contribution in [3.63, 3.8) is 0 Å². The minimum Gasteiger partial charge on any atom is -0.497 e. The summed E-state index contributed by atoms with van der Waals surface area (Å²) in [5.41, 5.74) is 5.78. The lowest BCUT2D eigenvalue weighted by atomic mass is 10.2. The van der Waals surface area contributed by atoms with Gasteiger partial charge in [0.05, 0.1) is 7.11 Å². The fraction of sp³-hybridized carbons (Fsp3) is 0.154. The molecule has 94 valence electrons. The molecule has 0 fully saturated rings. The van der Waals surface area contributed by atoms with Gasteiger partial charge in [0.2, 0.25) is 0 Å². The van der Waals surface area contributed by atoms with E-state index < -0.39 is 5.82 Å². The summed E-state index contributed by atoms with van der Waals surface area (Å²) in [5, 5.41) is 0. The second-order valence-corrected chi connectivity index (χ2v) is 3.57. The highest BCUT2D eigenvalue weighted by atomic mass is 19.1. The van der Waals surface area contributed by atoms with E-state index in [-0.39, 0.29) is 12.4 Å². The minimum absolute atomic E-state index is 0.0915. The highest BCUT2D eigenvalue weighted by Gasteiger charge is 2.10. The third-order valence-electron chi connectivity index (χ3n) is 2.41. The van der Waals surface area contributed by atoms with Crippen LogP contribution < -0.4 is 15.2 Å². The van der Waals surface area contributed by atoms with Gasteiger partial charge < -0.3 is 15.2 Å². The number of hydrogen-bond acceptors (Lipinski definition) is 4. The molecule has 2 rings (SSSR count). The van der Waals surface area contributed by atoms with E-state index in [4.69, 9.17) is 15.2 Å². The van der Waals surface area contributed by atoms with Gasteiger partial charge in [-0.3, -0.25) is 0 Å². The van der Waals surface area contributed by atoms with Crippen molar-refractivity contribution >= 4 is 0 Å². The van der Waals surface area contributed by atoms with Crippen LogP contribution in [0.4, 0.5) is 4.39 Å². The monoisotopic (exact) mass is 248 g/mol. The first kappa shape index (κ1) is 12.3. The third-order valence-corrected chi connectivity index (χ3v) is 2.41. The second kappa shape index (κ2) is 5.46. The zero-order chi connectivity index (χ0) is 13.0. The highest BCUT2D eigenvalue weighted by molar-refractivity contribution is 5.36. The van der Waals surface area contributed by atoms with Gasteiger partial charge in [-0.05, 0) is 18.2 Å². The molecule has 0 saturated heterocycles. The Morgan fingerprint density at radius 1 is 1.28 bits per heavy atom. The maximum absolute atomic E-state index is 13.8. The fourth-order valence-corrected chi connectivity index (χ4v) is 1.47. The summed E-state index contributed by atoms with van der Waals surface area (Å²) in [4.78, 5) is 3.84. The van der Waals surface area contributed by atoms with Crippen molar-refractivity contribution in [2.75, 3.05) is 7.11 Å². The van der Waals surface area contributed by atoms with Crippen LogP contribution in [0.25, 0.3) is 0 Å². The Morgan fingerprint density at radius 2 is 2.06 bits per heavy atom. The normalized spacial score (nSPS) is 10.2. The number of nitrogens with zero attached hydrogens (tertiary/aromatic N) is 1. The Hall–Kier alpha value is -2.14. The third kappa shape index (κ3) is 2.57. The van der Waals surface area contributed by atoms with Crippen LogP contribution in [0.5, 0.6) is 17.4 Å². The molecule has 4 nitrogen and oxygen atoms in total. The number of nitrogens with two attached hydrogens (primary N) is 1. The number of hydrogen-bond donors (Lipinski definition) is 1. The zero-order valence-corrected chi connectivity index (χ0v) is 9.89. The first-order chi connectivity index (χ1) is 8.74. The molecule has 0 aliphatic carbocycles. The van der Waals surface area contributed by atoms with Crippen molar-refractivity contribution in [1.82, 2.24) is 4.98 Å². The number of benzene rings is 1. The average molecular weight is 248 g/mol. The molecule has 0 atom stereocenters. The Kier molecular flexibility index (Phi) is 3.74. The fourth-order valence-electron chi connectivity index (χ4n) is 1.47. The van der Waals surface area contributed by atoms with Gasteiger partial charge >= 0.3 is 0 Å². The van der Waals surface area contributed by atoms with Crippen LogP contribution in [0.3, 0.4) is 0 Å². The topological polar surface area (TPSA) is 57.4 Å². The highest BCUT2D eigenvalue weighted by Crippen LogP contribution is 2.26. The Labute approximate surface area is 104 Å². The van der Waals surface area contributed by atoms with Gasteiger partial charge in [-0.1, -0.05) is 6.07 Å². The van der Waals surface area contributed by atoms with E-state index in [2.05, 4.69) is 4.98 Å². The lowest BCUT2D eigenvalue weighted by Crippen LogP contribution is -2.02. The van der Waals surface area contributed by atoms with Gasteiger partial charge in [0, 0.05) is 24.4 Å². The summed E-state index contributed by atoms with van der Waals surface area (Å²) < 4.78 is 24.3. The summed E-state index contributed by atoms with van der Waals surface area (Å²) in [6.07, 6.45) is 1.46. The lowest BCUT2D eigenvalue weighted by molar-refractivity contribution is 0.398. The number of rotatable bonds is 4. The number of methoxy groups -OCH3 is 1. The molecule has 5 heteroatoms. The van der Waals surface area contributed by atoms with E-state index in [0.717, 1.165) is 0 Å². The number of halogens is 1. The van der Waals surface area contributed by atoms with Gasteiger partial charge in [-0.25, -0.2) is 9.37 Å². The van der Waals surface area contributed by atoms with Crippen molar-refractivity contribution in [3.8, 4) is 17.4 Å². The maximum Gasteiger partial charge on any atom is 0.256 e. The van der Waals surface area contributed by atoms with E-state index in [1.54, 1.807) is 31.4 Å². The Bertz CT molecular complexity index is 546. The number of ether oxygens (including phenoxy) is 2. The smallest absolute Gasteiger partial charge is 0.256 e. The SMILES string of the molecule is COc1cccc(Oc2nccc(CN)c2F)c1. The number of pyridine rings is 1. The van der Waals surface area contributed by atoms with E-state index in [1.165, 1.54) is 12.3 Å². The lowest BCUT2D eigenvalue weighted by Gasteiger charge is -2.08. The molecular weight excluding hydrogens is 235 g/mol. The quantitative estimate of drug-likeness (QED) is 0.903. The van der Waals surface area contributed by atoms with Gasteiger partial charge in [0.25, 0.3) is 5.88 Å². The van der Waals surface area contributed by atoms with E-state index >= 15 is 0 Å². The molecule has 2 N–H and O–H groups in total. The average Bonchev–Trinajstić information content (AvgIpc) is 2.41. The number of aromatic nitrogens is 1. The van der Waals surface area contributed by atoms with Crippen molar-refractivity contribution in [1.29, 1.82) is 0 Å². The molecule has 1 aromatic heterocycles. The summed E-state index contributed by atoms with van der Waals surface area (Å²) in [7, 11) is 1.55. The molecule has 2 aromatic rings. The second-order valence-electron chi connectivity index (χ2n) is 3.57. The summed E-state index contributed by atoms with van der Waals surface area (Å²) in [5.74, 6) is 0.451. The van der Waals surface area contributed by atoms with E-state index in [0.29, 0.717) is 17.1 Å². The zero-order valence-electron chi connectivity index (χ0n) is 9.89. The van der Waals surface area contributed by atoms with Gasteiger partial charge in [-0.2, -0.15) is 0 Å². The summed E-state index contributed by atoms with van der Waals surface area (Å²) >= 11 is 0. The van der Waals surface area contributed by atoms with Gasteiger partial charge in [0.1, 0.15) is 11.5 Å². The largest absolute Gasteiger partial charge is 0.497 e. The molecule has 0 bridgehead atoms. The molecule has 0 radical (unpaired) electrons. The van der Waals surface area contributed by atoms with Crippen LogP contribution in [0.2, 0.25) is 0 Å². The maximum atomic E-state index is 13.8. The molecule has 0 aliphatic heterocycles. The molecular formula is C13H13FN2O2. The van der Waals surface area contributed by atoms with Crippen molar-refractivity contribution in [2.24, 2.45) is 5.73 Å². The van der Waals surface area contributed by atoms with Crippen LogP contribution >= 0.6 is 0 Å². The van der Waals surface area contributed by atoms with Crippen LogP contribution in [-0.2, 0) is 6.54 Å². The molecule has 18 heavy (non-hydrogen) atoms. The molecule has 1 aromatic carbocycles. The van der Waals surface area contributed by atoms with Crippen LogP contribution in [0, 0.1) is 5.82 Å². The van der Waals surface area contributed by atoms with Crippen molar-refractivity contribution in [2.45, 2.75) is 6.54 Å². The van der Waals surface area contributed by atoms with E-state index in [1.807, 2.05) is 0 Å². The first-order valence-corrected chi connectivity index (χ1v) is 5.40. The standard InChI is InChI=1S/C13H13FN2O2/c1-17-10-3-2-4-11(7-10)18-13-12(14)9(8-15)5-6-16-13/h2-7H,8,15H2,1H3. The first-order valence-electron chi connectivity index (χ1n) is 5.40. The minimum atomic E-state index is -0.539. The van der Waals surface area contributed by atoms with Gasteiger partial charge in [-0.15, -0.1) is 0 Å². The Morgan fingerprint density at radius 3 is 2.78 bits per heavy atom. The van der Waals surface area contributed by atoms with Crippen LogP contribution in [0.15, 0.2) is 36.5 Å². The predicted molar refractivity (Wildman–Crippen MR) is 65.2 cm³/mol. The van der Waals surface area contributed by atoms with Crippen molar-refractivity contribution < 1.29 is 13.9 Å². The predicted octanol–water partition coefficient (Wildman–Crippen LogP) is 2.48. The van der Waals surface area contributed by atoms with Crippen molar-refractivity contribution in [3.05, 3.63) is 47.9 Å². The molecule has 1 heterocycles. The summed E-state index contributed by atoms with van der Waals surface area (Å²) in [6, 6.07) is 8.38. The van der Waals surface area contributed by atoms with Crippen LogP contribution in [-0.4, -0.2) is 12.1 Å². The molecule has 0 aliphatic rings. The molecule has 0 amide bonds. The molecule has 0 unspecified atom stereocenters. The van der Waals surface area contributed by atoms with Crippen LogP contribution in [0.1, 0.15) is 5.56 Å². The van der Waals surface area contributed by atoms with Gasteiger partial charge in [0.15, 0.2) is 5.82 Å². The van der Waals surface area contributed by atoms with E-state index in [9.17, 15) is 4.39 Å². The Balaban J connectivity index is 2.28. The molecule has 0 saturated carbocycles. The molecule has 0 spiro atoms.